The summed E-state index contributed by atoms with van der Waals surface area (Å²) in [7, 11) is 3.83. The number of pyridine rings is 8. The minimum atomic E-state index is -2.05. The van der Waals surface area contributed by atoms with E-state index in [2.05, 4.69) is 268 Å². The minimum absolute atomic E-state index is 0.0171. The SMILES string of the molecule is Brc1cc2c(cn1)OCCO2.CN(CC(=O)CC(C)(C)C)c1nc(-c2cc3c(cn2)OCCO3)nc2c1CCC2.CN(CC(=O)CC(C)(C)C)c1nc(Cl)nc2c1CCC2.Cc1cnc2c(ccc3c(C)c(C)cnc32)c1C.Fc1ccc(Br)nc1.Fc1cnc(Br)cc1I.OCCO.OCCOc1cnc(Br)cc1I.[CH3][Sn]([CH3])([CH3])[c]1cc2c(cn1)OCCO2.[CH3][Sn]([CH3])[CH3].[CH3][Sn]([CH3])[CH3]. The van der Waals surface area contributed by atoms with Crippen LogP contribution < -0.4 is 46.7 Å². The van der Waals surface area contributed by atoms with Crippen molar-refractivity contribution in [2.75, 3.05) is 103 Å². The number of likely N-dealkylation sites (N-methyl/N-ethyl adjacent to an activating group) is 2. The van der Waals surface area contributed by atoms with Gasteiger partial charge in [-0.25, -0.2) is 53.6 Å². The van der Waals surface area contributed by atoms with E-state index in [9.17, 15) is 18.4 Å². The van der Waals surface area contributed by atoms with Crippen LogP contribution in [0.25, 0.3) is 33.3 Å². The van der Waals surface area contributed by atoms with Crippen molar-refractivity contribution >= 4 is 227 Å². The van der Waals surface area contributed by atoms with Crippen molar-refractivity contribution in [1.82, 2.24) is 59.8 Å². The monoisotopic (exact) mass is 2650 g/mol. The molecule has 0 atom stereocenters. The molecule has 38 heteroatoms. The van der Waals surface area contributed by atoms with Gasteiger partial charge in [-0.3, -0.25) is 19.6 Å². The van der Waals surface area contributed by atoms with Gasteiger partial charge in [-0.1, -0.05) is 53.7 Å². The number of rotatable bonds is 14. The molecule has 11 aromatic rings. The Morgan fingerprint density at radius 3 is 1.34 bits per heavy atom. The number of ketones is 2. The maximum absolute atomic E-state index is 12.5. The maximum atomic E-state index is 12.5. The van der Waals surface area contributed by atoms with E-state index in [1.165, 1.54) is 49.0 Å². The first kappa shape index (κ1) is 116. The predicted molar refractivity (Wildman–Crippen MR) is 564 cm³/mol. The fraction of sp³-hybridized carbons (Fsp3) is 0.453. The summed E-state index contributed by atoms with van der Waals surface area (Å²) in [6, 6.07) is 16.4. The van der Waals surface area contributed by atoms with Crippen molar-refractivity contribution in [2.24, 2.45) is 10.8 Å². The quantitative estimate of drug-likeness (QED) is 0.0299. The fourth-order valence-corrected chi connectivity index (χ4v) is 18.8. The number of hydrogen-bond acceptors (Lipinski definition) is 26. The summed E-state index contributed by atoms with van der Waals surface area (Å²) in [6.07, 6.45) is 20.0. The van der Waals surface area contributed by atoms with E-state index in [4.69, 9.17) is 70.0 Å². The standard InChI is InChI=1S/C22H28N4O3.C16H16N2.C15H22ClN3O.C7H7BrINO2.C7H6BrNO2.C7H6NO2.C5H2BrFIN.C5H3BrFN.C2H6O2.9CH3.3Sn/c1-22(2,3)11-14(27)13-26(4)21-15-6-5-7-16(15)24-20(25-21)17-10-18-19(12-23-17)29-9-8-28-18;1-9-7-17-15-13(11(9)3)5-6-14-12(4)10(2)8-18-16(14)15;1-15(2,3)8-10(20)9-19(4)13-11-6-5-7-12(11)17-14(16)18-13;8-7-3-5(9)6(4-10-7)12-2-1-11;8-7-3-5-6(4-9-7)11-2-1-10-5;1-2-8-5-7-6(1)9-3-4-10-7;6-5-1-4(8)3(7)2-9-5;6-5-2-1-4(7)3-8-5;3-1-2-4;;;;;;;;;;;;/h10,12H,5-9,11,13H2,1-4H3;5-8H,1-4H3;5-9H2,1-4H3;3-4,11H,1-2H2;3-4H,1-2H2;1,5H,3-4H2;1-2H;1-3H;3-4H,1-2H2;9*1H3;;;. The number of anilines is 2. The van der Waals surface area contributed by atoms with Gasteiger partial charge in [0.1, 0.15) is 74.6 Å². The number of carbonyl (C=O) groups is 2. The van der Waals surface area contributed by atoms with Gasteiger partial charge in [0.05, 0.1) is 87.8 Å². The molecule has 3 aliphatic heterocycles. The molecule has 3 N–H and O–H groups in total. The van der Waals surface area contributed by atoms with Crippen molar-refractivity contribution in [3.63, 3.8) is 0 Å². The number of aromatic nitrogens is 12. The number of halogens is 9. The van der Waals surface area contributed by atoms with E-state index in [0.717, 1.165) is 126 Å². The van der Waals surface area contributed by atoms with Crippen LogP contribution in [0.4, 0.5) is 20.4 Å². The van der Waals surface area contributed by atoms with E-state index in [1.807, 2.05) is 71.0 Å². The first-order valence-electron chi connectivity index (χ1n) is 43.2. The van der Waals surface area contributed by atoms with Crippen LogP contribution in [-0.2, 0) is 35.3 Å². The van der Waals surface area contributed by atoms with Crippen LogP contribution >= 0.6 is 121 Å². The average Bonchev–Trinajstić information content (AvgIpc) is 1.34. The third-order valence-corrected chi connectivity index (χ3v) is 27.4. The first-order valence-corrected chi connectivity index (χ1v) is 76.0. The van der Waals surface area contributed by atoms with E-state index in [0.29, 0.717) is 114 Å². The second-order valence-electron chi connectivity index (χ2n) is 35.5. The molecule has 26 nitrogen and oxygen atoms in total. The number of aliphatic hydroxyl groups is 3. The van der Waals surface area contributed by atoms with Crippen LogP contribution in [0.15, 0.2) is 123 Å². The number of carbonyl (C=O) groups excluding carboxylic acids is 2. The van der Waals surface area contributed by atoms with Gasteiger partial charge in [-0.05, 0) is 244 Å². The topological polar surface area (TPSA) is 321 Å². The molecule has 1 aromatic carbocycles. The van der Waals surface area contributed by atoms with Gasteiger partial charge in [-0.15, -0.1) is 0 Å². The van der Waals surface area contributed by atoms with E-state index < -0.39 is 57.9 Å². The van der Waals surface area contributed by atoms with Gasteiger partial charge in [0.25, 0.3) is 0 Å². The number of aryl methyl sites for hydroxylation is 6. The summed E-state index contributed by atoms with van der Waals surface area (Å²) in [5.41, 5.74) is 12.1. The van der Waals surface area contributed by atoms with E-state index in [1.54, 1.807) is 43.0 Å². The number of Topliss-reactive ketones (excluding diaryl/α,β-unsaturated/α-hetero) is 2. The molecule has 2 radical (unpaired) electrons. The molecule has 133 heavy (non-hydrogen) atoms. The van der Waals surface area contributed by atoms with E-state index in [-0.39, 0.29) is 59.1 Å². The summed E-state index contributed by atoms with van der Waals surface area (Å²) in [4.78, 5) is 101. The van der Waals surface area contributed by atoms with Gasteiger partial charge >= 0.3 is 157 Å². The average molecular weight is 2660 g/mol. The zero-order chi connectivity index (χ0) is 98.6. The summed E-state index contributed by atoms with van der Waals surface area (Å²) >= 11 is 19.6. The van der Waals surface area contributed by atoms with Gasteiger partial charge in [0.2, 0.25) is 5.28 Å². The zero-order valence-corrected chi connectivity index (χ0v) is 99.6. The van der Waals surface area contributed by atoms with Crippen LogP contribution in [0.2, 0.25) is 49.7 Å². The Labute approximate surface area is 866 Å². The van der Waals surface area contributed by atoms with Crippen LogP contribution in [-0.4, -0.2) is 238 Å². The Kier molecular flexibility index (Phi) is 50.5. The van der Waals surface area contributed by atoms with Crippen LogP contribution in [0.3, 0.4) is 0 Å². The second kappa shape index (κ2) is 57.9. The molecule has 720 valence electrons. The number of ether oxygens (including phenoxy) is 7. The van der Waals surface area contributed by atoms with Crippen molar-refractivity contribution < 1.29 is 66.8 Å². The number of benzene rings is 1. The Morgan fingerprint density at radius 2 is 0.910 bits per heavy atom. The molecular formula is C95H123Br4ClF2I2N14O12Sn3. The molecule has 0 fully saturated rings. The Bertz CT molecular complexity index is 5510. The van der Waals surface area contributed by atoms with Crippen molar-refractivity contribution in [1.29, 1.82) is 0 Å². The molecule has 10 aromatic heterocycles. The molecule has 0 spiro atoms. The van der Waals surface area contributed by atoms with Crippen molar-refractivity contribution in [3.8, 4) is 51.8 Å². The first-order chi connectivity index (χ1) is 62.7. The number of aliphatic hydroxyl groups excluding tert-OH is 3. The molecule has 13 heterocycles. The molecule has 0 saturated carbocycles. The molecule has 0 amide bonds. The fourth-order valence-electron chi connectivity index (χ4n) is 12.7. The third kappa shape index (κ3) is 41.0. The van der Waals surface area contributed by atoms with Crippen molar-refractivity contribution in [3.05, 3.63) is 191 Å². The number of fused-ring (bicyclic) bond motifs is 8. The molecule has 2 aliphatic carbocycles. The molecule has 0 saturated heterocycles. The Hall–Kier alpha value is -5.55. The van der Waals surface area contributed by atoms with Gasteiger partial charge in [0, 0.05) is 79.1 Å². The zero-order valence-electron chi connectivity index (χ0n) is 79.6. The summed E-state index contributed by atoms with van der Waals surface area (Å²) < 4.78 is 68.0. The molecule has 0 bridgehead atoms. The predicted octanol–water partition coefficient (Wildman–Crippen LogP) is 21.4. The second-order valence-corrected chi connectivity index (χ2v) is 72.8. The van der Waals surface area contributed by atoms with Crippen molar-refractivity contribution in [2.45, 2.75) is 165 Å². The van der Waals surface area contributed by atoms with Crippen LogP contribution in [0.5, 0.6) is 40.2 Å². The van der Waals surface area contributed by atoms with E-state index >= 15 is 0 Å². The van der Waals surface area contributed by atoms with Gasteiger partial charge < -0.3 is 48.8 Å². The number of nitrogens with zero attached hydrogens (tertiary/aromatic N) is 14. The van der Waals surface area contributed by atoms with Crippen LogP contribution in [0.1, 0.15) is 112 Å². The normalized spacial score (nSPS) is 12.7. The molecule has 5 aliphatic rings. The third-order valence-electron chi connectivity index (χ3n) is 18.7. The Balaban J connectivity index is 0.000000236. The summed E-state index contributed by atoms with van der Waals surface area (Å²) in [5.74, 6) is 7.22. The van der Waals surface area contributed by atoms with Crippen LogP contribution in [0, 0.1) is 57.3 Å². The Morgan fingerprint density at radius 1 is 0.496 bits per heavy atom. The summed E-state index contributed by atoms with van der Waals surface area (Å²) in [5, 5.41) is 26.5. The number of hydrogen-bond donors (Lipinski definition) is 3. The van der Waals surface area contributed by atoms with Gasteiger partial charge in [-0.2, -0.15) is 0 Å². The summed E-state index contributed by atoms with van der Waals surface area (Å²) in [6.45, 7) is 25.3. The molecule has 0 unspecified atom stereocenters. The van der Waals surface area contributed by atoms with Gasteiger partial charge in [0.15, 0.2) is 52.0 Å². The molecular weight excluding hydrogens is 2530 g/mol. The molecule has 16 rings (SSSR count).